The highest BCUT2D eigenvalue weighted by atomic mass is 35.5. The van der Waals surface area contributed by atoms with Gasteiger partial charge in [-0.05, 0) is 61.8 Å². The summed E-state index contributed by atoms with van der Waals surface area (Å²) in [6.45, 7) is 6.40. The van der Waals surface area contributed by atoms with Gasteiger partial charge in [0, 0.05) is 57.4 Å². The minimum Gasteiger partial charge on any atom is -0.367 e. The first-order valence-corrected chi connectivity index (χ1v) is 13.4. The number of amides is 1. The van der Waals surface area contributed by atoms with Gasteiger partial charge in [-0.2, -0.15) is 13.2 Å². The first-order chi connectivity index (χ1) is 18.2. The predicted octanol–water partition coefficient (Wildman–Crippen LogP) is 4.99. The van der Waals surface area contributed by atoms with Gasteiger partial charge in [0.25, 0.3) is 5.91 Å². The van der Waals surface area contributed by atoms with Crippen LogP contribution in [-0.2, 0) is 6.54 Å². The average molecular weight is 556 g/mol. The number of anilines is 2. The zero-order chi connectivity index (χ0) is 27.1. The van der Waals surface area contributed by atoms with E-state index in [0.717, 1.165) is 31.7 Å². The van der Waals surface area contributed by atoms with Crippen molar-refractivity contribution in [3.05, 3.63) is 58.4 Å². The molecule has 2 aromatic rings. The lowest BCUT2D eigenvalue weighted by molar-refractivity contribution is -0.138. The number of benzene rings is 2. The van der Waals surface area contributed by atoms with Crippen molar-refractivity contribution < 1.29 is 22.4 Å². The molecule has 0 aliphatic carbocycles. The lowest BCUT2D eigenvalue weighted by Gasteiger charge is -2.37. The van der Waals surface area contributed by atoms with Crippen molar-refractivity contribution in [1.29, 1.82) is 0 Å². The molecule has 2 fully saturated rings. The van der Waals surface area contributed by atoms with Crippen molar-refractivity contribution >= 4 is 28.9 Å². The molecule has 4 rings (SSSR count). The van der Waals surface area contributed by atoms with E-state index in [1.165, 1.54) is 25.0 Å². The summed E-state index contributed by atoms with van der Waals surface area (Å²) in [7, 11) is 0. The number of piperazine rings is 1. The Kier molecular flexibility index (Phi) is 9.86. The summed E-state index contributed by atoms with van der Waals surface area (Å²) in [5.41, 5.74) is 1.82. The summed E-state index contributed by atoms with van der Waals surface area (Å²) in [6.07, 6.45) is -2.54. The van der Waals surface area contributed by atoms with Gasteiger partial charge >= 0.3 is 6.18 Å². The van der Waals surface area contributed by atoms with Crippen LogP contribution in [0, 0.1) is 5.82 Å². The van der Waals surface area contributed by atoms with Gasteiger partial charge in [-0.1, -0.05) is 17.7 Å². The van der Waals surface area contributed by atoms with E-state index < -0.39 is 24.3 Å². The van der Waals surface area contributed by atoms with Crippen molar-refractivity contribution in [1.82, 2.24) is 15.1 Å². The number of carbonyl (C=O) groups excluding carboxylic acids is 1. The molecule has 2 aliphatic rings. The number of alkyl halides is 3. The third-order valence-electron chi connectivity index (χ3n) is 7.04. The van der Waals surface area contributed by atoms with Crippen LogP contribution >= 0.6 is 11.6 Å². The first kappa shape index (κ1) is 28.6. The van der Waals surface area contributed by atoms with Crippen LogP contribution < -0.4 is 15.5 Å². The first-order valence-electron chi connectivity index (χ1n) is 13.0. The fraction of sp³-hybridized carbons (Fsp3) is 0.519. The van der Waals surface area contributed by atoms with E-state index in [9.17, 15) is 22.4 Å². The zero-order valence-electron chi connectivity index (χ0n) is 21.3. The summed E-state index contributed by atoms with van der Waals surface area (Å²) >= 11 is 6.21. The molecule has 6 nitrogen and oxygen atoms in total. The minimum atomic E-state index is -4.18. The topological polar surface area (TPSA) is 50.9 Å². The van der Waals surface area contributed by atoms with Crippen LogP contribution in [0.5, 0.6) is 0 Å². The van der Waals surface area contributed by atoms with E-state index in [-0.39, 0.29) is 12.1 Å². The van der Waals surface area contributed by atoms with Crippen LogP contribution in [0.15, 0.2) is 36.4 Å². The van der Waals surface area contributed by atoms with Crippen LogP contribution in [0.1, 0.15) is 35.2 Å². The van der Waals surface area contributed by atoms with E-state index >= 15 is 0 Å². The number of likely N-dealkylation sites (tertiary alicyclic amines) is 1. The van der Waals surface area contributed by atoms with Crippen LogP contribution in [0.3, 0.4) is 0 Å². The number of hydrogen-bond acceptors (Lipinski definition) is 5. The number of rotatable bonds is 10. The Bertz CT molecular complexity index is 1090. The zero-order valence-corrected chi connectivity index (χ0v) is 22.1. The molecule has 1 amide bonds. The van der Waals surface area contributed by atoms with Gasteiger partial charge in [-0.25, -0.2) is 4.39 Å². The van der Waals surface area contributed by atoms with E-state index in [4.69, 9.17) is 11.6 Å². The second kappa shape index (κ2) is 13.1. The second-order valence-corrected chi connectivity index (χ2v) is 10.3. The highest BCUT2D eigenvalue weighted by Crippen LogP contribution is 2.31. The molecule has 38 heavy (non-hydrogen) atoms. The van der Waals surface area contributed by atoms with E-state index in [1.807, 2.05) is 4.90 Å². The quantitative estimate of drug-likeness (QED) is 0.319. The molecular formula is C27H34ClF4N5O. The summed E-state index contributed by atoms with van der Waals surface area (Å²) < 4.78 is 52.5. The molecule has 0 atom stereocenters. The van der Waals surface area contributed by atoms with Crippen molar-refractivity contribution in [2.45, 2.75) is 32.0 Å². The molecule has 2 saturated heterocycles. The van der Waals surface area contributed by atoms with Crippen molar-refractivity contribution in [3.63, 3.8) is 0 Å². The second-order valence-electron chi connectivity index (χ2n) is 9.85. The van der Waals surface area contributed by atoms with Crippen LogP contribution in [0.2, 0.25) is 5.02 Å². The van der Waals surface area contributed by atoms with E-state index in [0.29, 0.717) is 49.1 Å². The molecule has 0 aromatic heterocycles. The fourth-order valence-electron chi connectivity index (χ4n) is 4.89. The Morgan fingerprint density at radius 3 is 2.32 bits per heavy atom. The van der Waals surface area contributed by atoms with Crippen LogP contribution in [0.25, 0.3) is 0 Å². The molecule has 0 unspecified atom stereocenters. The number of carbonyl (C=O) groups is 1. The molecule has 0 spiro atoms. The molecule has 2 N–H and O–H groups in total. The van der Waals surface area contributed by atoms with Gasteiger partial charge in [0.2, 0.25) is 0 Å². The van der Waals surface area contributed by atoms with E-state index in [1.54, 1.807) is 29.2 Å². The highest BCUT2D eigenvalue weighted by Gasteiger charge is 2.29. The minimum absolute atomic E-state index is 0.0419. The summed E-state index contributed by atoms with van der Waals surface area (Å²) in [5, 5.41) is 6.58. The van der Waals surface area contributed by atoms with Gasteiger partial charge < -0.3 is 20.4 Å². The summed E-state index contributed by atoms with van der Waals surface area (Å²) in [5.74, 6) is -1.18. The molecule has 11 heteroatoms. The smallest absolute Gasteiger partial charge is 0.367 e. The molecule has 2 heterocycles. The largest absolute Gasteiger partial charge is 0.390 e. The third-order valence-corrected chi connectivity index (χ3v) is 7.28. The average Bonchev–Trinajstić information content (AvgIpc) is 3.40. The van der Waals surface area contributed by atoms with Gasteiger partial charge in [0.1, 0.15) is 5.82 Å². The predicted molar refractivity (Wildman–Crippen MR) is 143 cm³/mol. The lowest BCUT2D eigenvalue weighted by Crippen LogP contribution is -2.47. The van der Waals surface area contributed by atoms with Gasteiger partial charge in [0.05, 0.1) is 23.4 Å². The van der Waals surface area contributed by atoms with Crippen molar-refractivity contribution in [3.8, 4) is 0 Å². The monoisotopic (exact) mass is 555 g/mol. The molecule has 208 valence electrons. The maximum Gasteiger partial charge on any atom is 0.390 e. The Morgan fingerprint density at radius 2 is 1.63 bits per heavy atom. The Labute approximate surface area is 225 Å². The number of nitrogens with one attached hydrogen (secondary N) is 2. The Morgan fingerprint density at radius 1 is 0.921 bits per heavy atom. The third kappa shape index (κ3) is 8.30. The Balaban J connectivity index is 1.33. The summed E-state index contributed by atoms with van der Waals surface area (Å²) in [6, 6.07) is 9.59. The standard InChI is InChI=1S/C27H34ClF4N5O/c28-21-4-6-24(25(18-21)37-15-13-36(14-16-37)11-7-27(30,31)32)34-26(38)22-5-3-20(17-23(22)29)19-33-8-12-35-9-1-2-10-35/h3-6,17-18,33H,1-2,7-16,19H2,(H,34,38). The number of nitrogens with zero attached hydrogens (tertiary/aromatic N) is 3. The number of hydrogen-bond donors (Lipinski definition) is 2. The highest BCUT2D eigenvalue weighted by molar-refractivity contribution is 6.31. The molecule has 0 radical (unpaired) electrons. The van der Waals surface area contributed by atoms with Crippen molar-refractivity contribution in [2.75, 3.05) is 69.1 Å². The molecule has 0 saturated carbocycles. The molecule has 2 aromatic carbocycles. The molecular weight excluding hydrogens is 522 g/mol. The van der Waals surface area contributed by atoms with Gasteiger partial charge in [0.15, 0.2) is 0 Å². The maximum absolute atomic E-state index is 14.9. The Hall–Kier alpha value is -2.40. The maximum atomic E-state index is 14.9. The molecule has 2 aliphatic heterocycles. The van der Waals surface area contributed by atoms with Crippen molar-refractivity contribution in [2.24, 2.45) is 0 Å². The van der Waals surface area contributed by atoms with E-state index in [2.05, 4.69) is 15.5 Å². The molecule has 0 bridgehead atoms. The number of halogens is 5. The summed E-state index contributed by atoms with van der Waals surface area (Å²) in [4.78, 5) is 19.1. The van der Waals surface area contributed by atoms with Crippen LogP contribution in [0.4, 0.5) is 28.9 Å². The van der Waals surface area contributed by atoms with Gasteiger partial charge in [-0.3, -0.25) is 9.69 Å². The SMILES string of the molecule is O=C(Nc1ccc(Cl)cc1N1CCN(CCC(F)(F)F)CC1)c1ccc(CNCCN2CCCC2)cc1F. The lowest BCUT2D eigenvalue weighted by atomic mass is 10.1. The van der Waals surface area contributed by atoms with Gasteiger partial charge in [-0.15, -0.1) is 0 Å². The van der Waals surface area contributed by atoms with Crippen LogP contribution in [-0.4, -0.2) is 80.8 Å². The normalized spacial score (nSPS) is 17.2. The fourth-order valence-corrected chi connectivity index (χ4v) is 5.05.